The van der Waals surface area contributed by atoms with Gasteiger partial charge in [0.05, 0.1) is 0 Å². The van der Waals surface area contributed by atoms with Gasteiger partial charge < -0.3 is 9.47 Å². The zero-order valence-corrected chi connectivity index (χ0v) is 9.87. The molecule has 0 aromatic heterocycles. The van der Waals surface area contributed by atoms with Crippen molar-refractivity contribution >= 4 is 6.16 Å². The van der Waals surface area contributed by atoms with Crippen molar-refractivity contribution in [2.45, 2.75) is 30.4 Å². The molecular weight excluding hydrogens is 353 g/mol. The van der Waals surface area contributed by atoms with Gasteiger partial charge in [-0.3, -0.25) is 0 Å². The minimum Gasteiger partial charge on any atom is -0.428 e. The maximum Gasteiger partial charge on any atom is 0.508 e. The molecule has 1 atom stereocenters. The van der Waals surface area contributed by atoms with Crippen molar-refractivity contribution in [1.82, 2.24) is 0 Å². The SMILES string of the molecule is O=C(OCC(F)(F)[C@H](F)C(F)(F)F)OCC(F)(F)C(F)(F)F. The Morgan fingerprint density at radius 3 is 1.59 bits per heavy atom. The molecule has 0 aliphatic carbocycles. The number of hydrogen-bond donors (Lipinski definition) is 0. The summed E-state index contributed by atoms with van der Waals surface area (Å²) >= 11 is 0. The Bertz CT molecular complexity index is 386. The Morgan fingerprint density at radius 2 is 1.23 bits per heavy atom. The van der Waals surface area contributed by atoms with E-state index >= 15 is 0 Å². The highest BCUT2D eigenvalue weighted by atomic mass is 19.4. The molecule has 22 heavy (non-hydrogen) atoms. The first-order chi connectivity index (χ1) is 9.51. The highest BCUT2D eigenvalue weighted by molar-refractivity contribution is 5.59. The van der Waals surface area contributed by atoms with E-state index in [1.165, 1.54) is 0 Å². The molecule has 0 saturated carbocycles. The van der Waals surface area contributed by atoms with E-state index in [2.05, 4.69) is 9.47 Å². The van der Waals surface area contributed by atoms with Crippen LogP contribution in [-0.4, -0.2) is 49.7 Å². The standard InChI is InChI=1S/C8H5F11O3/c9-3(7(14,15)16)5(10,11)1-21-4(20)22-2-6(12,13)8(17,18)19/h3H,1-2H2/t3-/m0/s1. The van der Waals surface area contributed by atoms with Gasteiger partial charge in [-0.25, -0.2) is 9.18 Å². The highest BCUT2D eigenvalue weighted by Crippen LogP contribution is 2.36. The van der Waals surface area contributed by atoms with Crippen LogP contribution < -0.4 is 0 Å². The minimum absolute atomic E-state index is 2.56. The average molecular weight is 358 g/mol. The lowest BCUT2D eigenvalue weighted by molar-refractivity contribution is -0.293. The van der Waals surface area contributed by atoms with Crippen molar-refractivity contribution in [3.63, 3.8) is 0 Å². The third kappa shape index (κ3) is 5.71. The van der Waals surface area contributed by atoms with Crippen molar-refractivity contribution in [2.24, 2.45) is 0 Å². The van der Waals surface area contributed by atoms with Crippen LogP contribution in [0.3, 0.4) is 0 Å². The molecule has 3 nitrogen and oxygen atoms in total. The summed E-state index contributed by atoms with van der Waals surface area (Å²) in [5, 5.41) is 0. The van der Waals surface area contributed by atoms with E-state index in [0.717, 1.165) is 0 Å². The molecule has 0 saturated heterocycles. The van der Waals surface area contributed by atoms with E-state index in [4.69, 9.17) is 0 Å². The van der Waals surface area contributed by atoms with Crippen molar-refractivity contribution in [2.75, 3.05) is 13.2 Å². The number of rotatable bonds is 5. The number of alkyl halides is 11. The number of halogens is 11. The predicted octanol–water partition coefficient (Wildman–Crippen LogP) is 3.87. The van der Waals surface area contributed by atoms with Crippen molar-refractivity contribution in [3.8, 4) is 0 Å². The fourth-order valence-corrected chi connectivity index (χ4v) is 0.741. The topological polar surface area (TPSA) is 35.5 Å². The number of hydrogen-bond acceptors (Lipinski definition) is 3. The van der Waals surface area contributed by atoms with Gasteiger partial charge in [0.1, 0.15) is 0 Å². The summed E-state index contributed by atoms with van der Waals surface area (Å²) in [7, 11) is 0. The summed E-state index contributed by atoms with van der Waals surface area (Å²) in [6.07, 6.45) is -19.4. The summed E-state index contributed by atoms with van der Waals surface area (Å²) < 4.78 is 138. The fraction of sp³-hybridized carbons (Fsp3) is 0.875. The molecule has 0 spiro atoms. The minimum atomic E-state index is -6.13. The van der Waals surface area contributed by atoms with Gasteiger partial charge >= 0.3 is 30.4 Å². The molecule has 0 aliphatic heterocycles. The van der Waals surface area contributed by atoms with E-state index in [-0.39, 0.29) is 0 Å². The second kappa shape index (κ2) is 6.32. The highest BCUT2D eigenvalue weighted by Gasteiger charge is 2.59. The summed E-state index contributed by atoms with van der Waals surface area (Å²) in [5.41, 5.74) is 0. The Labute approximate surface area is 114 Å². The molecule has 0 aromatic rings. The molecule has 0 aliphatic rings. The van der Waals surface area contributed by atoms with E-state index < -0.39 is 49.7 Å². The molecule has 0 radical (unpaired) electrons. The predicted molar refractivity (Wildman–Crippen MR) is 44.2 cm³/mol. The van der Waals surface area contributed by atoms with E-state index in [9.17, 15) is 53.1 Å². The number of carbonyl (C=O) groups excluding carboxylic acids is 1. The lowest BCUT2D eigenvalue weighted by Crippen LogP contribution is -2.45. The zero-order chi connectivity index (χ0) is 18.0. The van der Waals surface area contributed by atoms with E-state index in [1.807, 2.05) is 0 Å². The van der Waals surface area contributed by atoms with Crippen LogP contribution in [0.4, 0.5) is 53.1 Å². The van der Waals surface area contributed by atoms with Gasteiger partial charge in [-0.15, -0.1) is 0 Å². The normalized spacial score (nSPS) is 15.4. The first kappa shape index (κ1) is 20.5. The second-order valence-corrected chi connectivity index (χ2v) is 3.69. The third-order valence-electron chi connectivity index (χ3n) is 1.83. The van der Waals surface area contributed by atoms with Gasteiger partial charge in [-0.1, -0.05) is 0 Å². The van der Waals surface area contributed by atoms with Crippen LogP contribution in [0.5, 0.6) is 0 Å². The fourth-order valence-electron chi connectivity index (χ4n) is 0.741. The van der Waals surface area contributed by atoms with Crippen LogP contribution in [0.2, 0.25) is 0 Å². The van der Waals surface area contributed by atoms with Crippen molar-refractivity contribution in [1.29, 1.82) is 0 Å². The number of ether oxygens (including phenoxy) is 2. The summed E-state index contributed by atoms with van der Waals surface area (Å²) in [6.45, 7) is -5.23. The maximum absolute atomic E-state index is 12.6. The van der Waals surface area contributed by atoms with Crippen LogP contribution in [0.1, 0.15) is 0 Å². The second-order valence-electron chi connectivity index (χ2n) is 3.69. The average Bonchev–Trinajstić information content (AvgIpc) is 2.30. The van der Waals surface area contributed by atoms with Crippen LogP contribution in [-0.2, 0) is 9.47 Å². The largest absolute Gasteiger partial charge is 0.508 e. The monoisotopic (exact) mass is 358 g/mol. The lowest BCUT2D eigenvalue weighted by atomic mass is 10.2. The Balaban J connectivity index is 4.47. The van der Waals surface area contributed by atoms with Crippen molar-refractivity contribution < 1.29 is 62.6 Å². The first-order valence-corrected chi connectivity index (χ1v) is 4.83. The lowest BCUT2D eigenvalue weighted by Gasteiger charge is -2.22. The van der Waals surface area contributed by atoms with Crippen LogP contribution >= 0.6 is 0 Å². The van der Waals surface area contributed by atoms with Gasteiger partial charge in [0, 0.05) is 0 Å². The Morgan fingerprint density at radius 1 is 0.818 bits per heavy atom. The summed E-state index contributed by atoms with van der Waals surface area (Å²) in [5.74, 6) is -10.8. The quantitative estimate of drug-likeness (QED) is 0.553. The molecular formula is C8H5F11O3. The van der Waals surface area contributed by atoms with Crippen LogP contribution in [0.15, 0.2) is 0 Å². The summed E-state index contributed by atoms with van der Waals surface area (Å²) in [6, 6.07) is 0. The van der Waals surface area contributed by atoms with E-state index in [0.29, 0.717) is 0 Å². The van der Waals surface area contributed by atoms with Gasteiger partial charge in [0.25, 0.3) is 6.17 Å². The van der Waals surface area contributed by atoms with Gasteiger partial charge in [0.2, 0.25) is 0 Å². The molecule has 0 fully saturated rings. The van der Waals surface area contributed by atoms with E-state index in [1.54, 1.807) is 0 Å². The molecule has 0 amide bonds. The third-order valence-corrected chi connectivity index (χ3v) is 1.83. The van der Waals surface area contributed by atoms with Crippen LogP contribution in [0, 0.1) is 0 Å². The van der Waals surface area contributed by atoms with Gasteiger partial charge in [-0.05, 0) is 0 Å². The molecule has 0 aromatic carbocycles. The Hall–Kier alpha value is -1.50. The maximum atomic E-state index is 12.6. The zero-order valence-electron chi connectivity index (χ0n) is 9.87. The smallest absolute Gasteiger partial charge is 0.428 e. The molecule has 14 heteroatoms. The van der Waals surface area contributed by atoms with Crippen LogP contribution in [0.25, 0.3) is 0 Å². The molecule has 132 valence electrons. The molecule has 0 bridgehead atoms. The molecule has 0 heterocycles. The molecule has 0 rings (SSSR count). The molecule has 0 N–H and O–H groups in total. The Kier molecular flexibility index (Phi) is 5.89. The molecule has 0 unspecified atom stereocenters. The van der Waals surface area contributed by atoms with Gasteiger partial charge in [0.15, 0.2) is 13.2 Å². The van der Waals surface area contributed by atoms with Crippen molar-refractivity contribution in [3.05, 3.63) is 0 Å². The van der Waals surface area contributed by atoms with Gasteiger partial charge in [-0.2, -0.15) is 43.9 Å². The summed E-state index contributed by atoms with van der Waals surface area (Å²) in [4.78, 5) is 10.5. The number of carbonyl (C=O) groups is 1. The first-order valence-electron chi connectivity index (χ1n) is 4.83.